The maximum Gasteiger partial charge on any atom is 0.228 e. The molecule has 2 aromatic rings. The Labute approximate surface area is 128 Å². The molecule has 22 heavy (non-hydrogen) atoms. The van der Waals surface area contributed by atoms with Crippen molar-refractivity contribution in [3.63, 3.8) is 0 Å². The van der Waals surface area contributed by atoms with Crippen LogP contribution in [0, 0.1) is 5.82 Å². The van der Waals surface area contributed by atoms with Crippen molar-refractivity contribution in [3.8, 4) is 11.3 Å². The van der Waals surface area contributed by atoms with Gasteiger partial charge < -0.3 is 9.42 Å². The SMILES string of the molecule is O=C(Cc1cc(-c2ccccc2F)on1)N1CCCCCC1. The first kappa shape index (κ1) is 14.8. The molecule has 2 heterocycles. The summed E-state index contributed by atoms with van der Waals surface area (Å²) >= 11 is 0. The quantitative estimate of drug-likeness (QED) is 0.872. The summed E-state index contributed by atoms with van der Waals surface area (Å²) in [6.07, 6.45) is 4.70. The molecule has 0 bridgehead atoms. The maximum absolute atomic E-state index is 13.7. The van der Waals surface area contributed by atoms with Gasteiger partial charge in [-0.25, -0.2) is 4.39 Å². The Bertz CT molecular complexity index is 646. The van der Waals surface area contributed by atoms with E-state index in [9.17, 15) is 9.18 Å². The van der Waals surface area contributed by atoms with Gasteiger partial charge in [0.15, 0.2) is 5.76 Å². The van der Waals surface area contributed by atoms with Gasteiger partial charge in [-0.05, 0) is 25.0 Å². The van der Waals surface area contributed by atoms with E-state index in [-0.39, 0.29) is 18.1 Å². The van der Waals surface area contributed by atoms with Crippen molar-refractivity contribution in [2.45, 2.75) is 32.1 Å². The van der Waals surface area contributed by atoms with Crippen molar-refractivity contribution < 1.29 is 13.7 Å². The third kappa shape index (κ3) is 3.35. The summed E-state index contributed by atoms with van der Waals surface area (Å²) in [5.41, 5.74) is 0.913. The number of carbonyl (C=O) groups is 1. The number of nitrogens with zero attached hydrogens (tertiary/aromatic N) is 2. The fourth-order valence-electron chi connectivity index (χ4n) is 2.77. The first-order valence-corrected chi connectivity index (χ1v) is 7.72. The molecule has 3 rings (SSSR count). The Hall–Kier alpha value is -2.17. The van der Waals surface area contributed by atoms with Crippen LogP contribution in [0.1, 0.15) is 31.4 Å². The molecule has 0 radical (unpaired) electrons. The van der Waals surface area contributed by atoms with Gasteiger partial charge in [0.1, 0.15) is 5.82 Å². The van der Waals surface area contributed by atoms with Crippen LogP contribution in [0.5, 0.6) is 0 Å². The third-order valence-corrected chi connectivity index (χ3v) is 3.99. The van der Waals surface area contributed by atoms with Gasteiger partial charge in [0.05, 0.1) is 17.7 Å². The summed E-state index contributed by atoms with van der Waals surface area (Å²) in [5, 5.41) is 3.90. The molecule has 0 unspecified atom stereocenters. The summed E-state index contributed by atoms with van der Waals surface area (Å²) in [5.74, 6) is 0.0658. The van der Waals surface area contributed by atoms with Crippen LogP contribution >= 0.6 is 0 Å². The molecular weight excluding hydrogens is 283 g/mol. The lowest BCUT2D eigenvalue weighted by atomic mass is 10.1. The highest BCUT2D eigenvalue weighted by atomic mass is 19.1. The first-order chi connectivity index (χ1) is 10.7. The number of rotatable bonds is 3. The fourth-order valence-corrected chi connectivity index (χ4v) is 2.77. The first-order valence-electron chi connectivity index (χ1n) is 7.72. The van der Waals surface area contributed by atoms with Crippen LogP contribution in [0.25, 0.3) is 11.3 Å². The molecule has 1 aromatic heterocycles. The van der Waals surface area contributed by atoms with Crippen molar-refractivity contribution in [1.82, 2.24) is 10.1 Å². The zero-order valence-electron chi connectivity index (χ0n) is 12.4. The molecule has 1 amide bonds. The number of halogens is 1. The molecule has 4 nitrogen and oxygen atoms in total. The molecule has 1 fully saturated rings. The Kier molecular flexibility index (Phi) is 4.51. The van der Waals surface area contributed by atoms with E-state index in [4.69, 9.17) is 4.52 Å². The second-order valence-corrected chi connectivity index (χ2v) is 5.63. The van der Waals surface area contributed by atoms with Crippen LogP contribution in [0.2, 0.25) is 0 Å². The molecule has 0 spiro atoms. The van der Waals surface area contributed by atoms with Gasteiger partial charge in [0.2, 0.25) is 5.91 Å². The van der Waals surface area contributed by atoms with Crippen molar-refractivity contribution >= 4 is 5.91 Å². The van der Waals surface area contributed by atoms with Crippen molar-refractivity contribution in [3.05, 3.63) is 41.8 Å². The zero-order chi connectivity index (χ0) is 15.4. The number of aromatic nitrogens is 1. The Morgan fingerprint density at radius 1 is 1.18 bits per heavy atom. The lowest BCUT2D eigenvalue weighted by Crippen LogP contribution is -2.33. The normalized spacial score (nSPS) is 15.6. The van der Waals surface area contributed by atoms with Crippen LogP contribution in [0.15, 0.2) is 34.9 Å². The average Bonchev–Trinajstić information content (AvgIpc) is 2.81. The molecular formula is C17H19FN2O2. The minimum atomic E-state index is -0.357. The van der Waals surface area contributed by atoms with E-state index in [1.165, 1.54) is 18.9 Å². The number of benzene rings is 1. The molecule has 0 atom stereocenters. The van der Waals surface area contributed by atoms with Gasteiger partial charge in [-0.1, -0.05) is 30.1 Å². The number of likely N-dealkylation sites (tertiary alicyclic amines) is 1. The summed E-state index contributed by atoms with van der Waals surface area (Å²) in [6.45, 7) is 1.63. The smallest absolute Gasteiger partial charge is 0.228 e. The highest BCUT2D eigenvalue weighted by molar-refractivity contribution is 5.78. The highest BCUT2D eigenvalue weighted by Gasteiger charge is 2.18. The average molecular weight is 302 g/mol. The van der Waals surface area contributed by atoms with E-state index in [1.807, 2.05) is 4.90 Å². The van der Waals surface area contributed by atoms with Gasteiger partial charge in [0.25, 0.3) is 0 Å². The molecule has 1 aliphatic heterocycles. The monoisotopic (exact) mass is 302 g/mol. The summed E-state index contributed by atoms with van der Waals surface area (Å²) in [7, 11) is 0. The van der Waals surface area contributed by atoms with Crippen LogP contribution in [0.4, 0.5) is 4.39 Å². The highest BCUT2D eigenvalue weighted by Crippen LogP contribution is 2.23. The molecule has 0 aliphatic carbocycles. The van der Waals surface area contributed by atoms with Gasteiger partial charge in [-0.3, -0.25) is 4.79 Å². The van der Waals surface area contributed by atoms with Crippen LogP contribution in [0.3, 0.4) is 0 Å². The van der Waals surface area contributed by atoms with Crippen molar-refractivity contribution in [2.75, 3.05) is 13.1 Å². The zero-order valence-corrected chi connectivity index (χ0v) is 12.4. The number of carbonyl (C=O) groups excluding carboxylic acids is 1. The second kappa shape index (κ2) is 6.73. The van der Waals surface area contributed by atoms with E-state index in [1.54, 1.807) is 24.3 Å². The number of hydrogen-bond acceptors (Lipinski definition) is 3. The molecule has 0 N–H and O–H groups in total. The lowest BCUT2D eigenvalue weighted by molar-refractivity contribution is -0.130. The summed E-state index contributed by atoms with van der Waals surface area (Å²) < 4.78 is 18.9. The number of amides is 1. The van der Waals surface area contributed by atoms with Gasteiger partial charge in [-0.15, -0.1) is 0 Å². The largest absolute Gasteiger partial charge is 0.356 e. The predicted molar refractivity (Wildman–Crippen MR) is 80.6 cm³/mol. The van der Waals surface area contributed by atoms with Crippen LogP contribution in [-0.2, 0) is 11.2 Å². The Morgan fingerprint density at radius 3 is 2.64 bits per heavy atom. The summed E-state index contributed by atoms with van der Waals surface area (Å²) in [4.78, 5) is 14.2. The van der Waals surface area contributed by atoms with Crippen molar-refractivity contribution in [2.24, 2.45) is 0 Å². The standard InChI is InChI=1S/C17H19FN2O2/c18-15-8-4-3-7-14(15)16-11-13(19-22-16)12-17(21)20-9-5-1-2-6-10-20/h3-4,7-8,11H,1-2,5-6,9-10,12H2. The van der Waals surface area contributed by atoms with E-state index in [0.29, 0.717) is 17.0 Å². The predicted octanol–water partition coefficient (Wildman–Crippen LogP) is 3.43. The number of hydrogen-bond donors (Lipinski definition) is 0. The topological polar surface area (TPSA) is 46.3 Å². The van der Waals surface area contributed by atoms with E-state index >= 15 is 0 Å². The Balaban J connectivity index is 1.69. The lowest BCUT2D eigenvalue weighted by Gasteiger charge is -2.19. The van der Waals surface area contributed by atoms with E-state index in [0.717, 1.165) is 25.9 Å². The summed E-state index contributed by atoms with van der Waals surface area (Å²) in [6, 6.07) is 8.02. The van der Waals surface area contributed by atoms with Gasteiger partial charge in [0, 0.05) is 19.2 Å². The molecule has 116 valence electrons. The third-order valence-electron chi connectivity index (χ3n) is 3.99. The molecule has 1 saturated heterocycles. The van der Waals surface area contributed by atoms with Crippen LogP contribution < -0.4 is 0 Å². The maximum atomic E-state index is 13.7. The minimum Gasteiger partial charge on any atom is -0.356 e. The van der Waals surface area contributed by atoms with Crippen molar-refractivity contribution in [1.29, 1.82) is 0 Å². The van der Waals surface area contributed by atoms with Crippen LogP contribution in [-0.4, -0.2) is 29.1 Å². The molecule has 1 aromatic carbocycles. The molecule has 1 aliphatic rings. The molecule has 0 saturated carbocycles. The van der Waals surface area contributed by atoms with E-state index < -0.39 is 0 Å². The molecule has 5 heteroatoms. The fraction of sp³-hybridized carbons (Fsp3) is 0.412. The van der Waals surface area contributed by atoms with Gasteiger partial charge in [-0.2, -0.15) is 0 Å². The van der Waals surface area contributed by atoms with E-state index in [2.05, 4.69) is 5.16 Å². The Morgan fingerprint density at radius 2 is 1.91 bits per heavy atom. The van der Waals surface area contributed by atoms with Gasteiger partial charge >= 0.3 is 0 Å². The minimum absolute atomic E-state index is 0.0651. The second-order valence-electron chi connectivity index (χ2n) is 5.63.